The molecule has 3 fully saturated rings. The Labute approximate surface area is 202 Å². The Morgan fingerprint density at radius 2 is 1.03 bits per heavy atom. The summed E-state index contributed by atoms with van der Waals surface area (Å²) >= 11 is 0. The van der Waals surface area contributed by atoms with E-state index in [1.807, 2.05) is 0 Å². The SMILES string of the molecule is Cc1c(F)c(N)c(F)c(C)c1OC(F)(F)C1CCC(C2CCC(C3CCC(C)CC3)CC2)CC1. The van der Waals surface area contributed by atoms with Crippen molar-refractivity contribution in [2.45, 2.75) is 104 Å². The fraction of sp³-hybridized carbons (Fsp3) is 0.786. The molecular weight excluding hydrogens is 442 g/mol. The highest BCUT2D eigenvalue weighted by Crippen LogP contribution is 2.48. The maximum absolute atomic E-state index is 15.1. The molecule has 0 radical (unpaired) electrons. The van der Waals surface area contributed by atoms with Crippen LogP contribution in [0.2, 0.25) is 0 Å². The second-order valence-electron chi connectivity index (χ2n) is 11.6. The molecule has 6 heteroatoms. The second-order valence-corrected chi connectivity index (χ2v) is 11.6. The number of rotatable bonds is 5. The van der Waals surface area contributed by atoms with Gasteiger partial charge in [0.2, 0.25) is 0 Å². The molecule has 0 aliphatic heterocycles. The van der Waals surface area contributed by atoms with Gasteiger partial charge in [0.05, 0.1) is 5.92 Å². The van der Waals surface area contributed by atoms with Crippen LogP contribution in [0.1, 0.15) is 95.1 Å². The summed E-state index contributed by atoms with van der Waals surface area (Å²) in [6.07, 6.45) is 9.46. The van der Waals surface area contributed by atoms with Crippen LogP contribution in [0.15, 0.2) is 0 Å². The van der Waals surface area contributed by atoms with Gasteiger partial charge in [-0.1, -0.05) is 19.8 Å². The number of hydrogen-bond acceptors (Lipinski definition) is 2. The zero-order chi connectivity index (χ0) is 24.6. The first-order chi connectivity index (χ1) is 16.1. The Bertz CT molecular complexity index is 819. The molecule has 2 nitrogen and oxygen atoms in total. The van der Waals surface area contributed by atoms with Crippen LogP contribution in [-0.4, -0.2) is 6.11 Å². The number of alkyl halides is 2. The van der Waals surface area contributed by atoms with Gasteiger partial charge in [-0.3, -0.25) is 0 Å². The molecule has 0 saturated heterocycles. The zero-order valence-corrected chi connectivity index (χ0v) is 20.9. The molecule has 1 aromatic carbocycles. The molecule has 0 spiro atoms. The lowest BCUT2D eigenvalue weighted by Gasteiger charge is -2.41. The van der Waals surface area contributed by atoms with Crippen molar-refractivity contribution in [1.29, 1.82) is 0 Å². The van der Waals surface area contributed by atoms with Gasteiger partial charge in [0, 0.05) is 11.1 Å². The van der Waals surface area contributed by atoms with Crippen LogP contribution < -0.4 is 10.5 Å². The van der Waals surface area contributed by atoms with Crippen LogP contribution in [0.5, 0.6) is 5.75 Å². The van der Waals surface area contributed by atoms with Gasteiger partial charge in [0.15, 0.2) is 11.6 Å². The Hall–Kier alpha value is -1.46. The summed E-state index contributed by atoms with van der Waals surface area (Å²) in [6.45, 7) is 4.96. The number of anilines is 1. The number of nitrogen functional groups attached to an aromatic ring is 1. The molecule has 3 aliphatic carbocycles. The van der Waals surface area contributed by atoms with Gasteiger partial charge in [0.25, 0.3) is 0 Å². The summed E-state index contributed by atoms with van der Waals surface area (Å²) in [7, 11) is 0. The fourth-order valence-corrected chi connectivity index (χ4v) is 7.13. The van der Waals surface area contributed by atoms with Crippen LogP contribution in [0, 0.1) is 61.0 Å². The van der Waals surface area contributed by atoms with Crippen LogP contribution in [-0.2, 0) is 0 Å². The summed E-state index contributed by atoms with van der Waals surface area (Å²) in [5, 5.41) is 0. The van der Waals surface area contributed by atoms with E-state index < -0.39 is 35.1 Å². The second kappa shape index (κ2) is 10.3. The van der Waals surface area contributed by atoms with Crippen molar-refractivity contribution < 1.29 is 22.3 Å². The topological polar surface area (TPSA) is 35.2 Å². The van der Waals surface area contributed by atoms with Crippen LogP contribution in [0.4, 0.5) is 23.2 Å². The lowest BCUT2D eigenvalue weighted by atomic mass is 9.65. The van der Waals surface area contributed by atoms with E-state index in [1.54, 1.807) is 0 Å². The largest absolute Gasteiger partial charge is 0.432 e. The fourth-order valence-electron chi connectivity index (χ4n) is 7.13. The third-order valence-corrected chi connectivity index (χ3v) is 9.51. The minimum absolute atomic E-state index is 0.172. The molecule has 0 amide bonds. The average Bonchev–Trinajstić information content (AvgIpc) is 2.85. The van der Waals surface area contributed by atoms with E-state index in [0.717, 1.165) is 30.6 Å². The number of hydrogen-bond donors (Lipinski definition) is 1. The third kappa shape index (κ3) is 5.21. The van der Waals surface area contributed by atoms with Gasteiger partial charge >= 0.3 is 6.11 Å². The Kier molecular flexibility index (Phi) is 7.74. The highest BCUT2D eigenvalue weighted by molar-refractivity contribution is 5.55. The zero-order valence-electron chi connectivity index (χ0n) is 20.9. The van der Waals surface area contributed by atoms with Crippen molar-refractivity contribution in [2.75, 3.05) is 5.73 Å². The van der Waals surface area contributed by atoms with Gasteiger partial charge in [-0.25, -0.2) is 8.78 Å². The molecule has 3 saturated carbocycles. The van der Waals surface area contributed by atoms with E-state index in [2.05, 4.69) is 6.92 Å². The molecule has 1 aromatic rings. The Balaban J connectivity index is 1.30. The monoisotopic (exact) mass is 483 g/mol. The summed E-state index contributed by atoms with van der Waals surface area (Å²) in [5.41, 5.74) is 4.41. The van der Waals surface area contributed by atoms with Gasteiger partial charge in [-0.05, 0) is 108 Å². The van der Waals surface area contributed by atoms with E-state index in [9.17, 15) is 8.78 Å². The first kappa shape index (κ1) is 25.6. The van der Waals surface area contributed by atoms with E-state index >= 15 is 8.78 Å². The van der Waals surface area contributed by atoms with Gasteiger partial charge in [-0.15, -0.1) is 0 Å². The predicted octanol–water partition coefficient (Wildman–Crippen LogP) is 8.57. The number of ether oxygens (including phenoxy) is 1. The highest BCUT2D eigenvalue weighted by Gasteiger charge is 2.46. The van der Waals surface area contributed by atoms with E-state index in [1.165, 1.54) is 65.2 Å². The van der Waals surface area contributed by atoms with Crippen molar-refractivity contribution in [1.82, 2.24) is 0 Å². The Morgan fingerprint density at radius 3 is 1.44 bits per heavy atom. The standard InChI is InChI=1S/C28H41F4NO/c1-16-4-6-19(7-5-16)20-8-10-21(11-9-20)22-12-14-23(15-13-22)28(31,32)34-27-17(2)24(29)26(33)25(30)18(27)3/h16,19-23H,4-15,33H2,1-3H3. The number of benzene rings is 1. The molecular formula is C28H41F4NO. The van der Waals surface area contributed by atoms with Crippen LogP contribution >= 0.6 is 0 Å². The van der Waals surface area contributed by atoms with Gasteiger partial charge < -0.3 is 10.5 Å². The quantitative estimate of drug-likeness (QED) is 0.336. The average molecular weight is 484 g/mol. The lowest BCUT2D eigenvalue weighted by Crippen LogP contribution is -2.39. The number of nitrogens with two attached hydrogens (primary N) is 1. The molecule has 0 heterocycles. The predicted molar refractivity (Wildman–Crippen MR) is 128 cm³/mol. The molecule has 0 bridgehead atoms. The van der Waals surface area contributed by atoms with Crippen molar-refractivity contribution in [2.24, 2.45) is 35.5 Å². The van der Waals surface area contributed by atoms with E-state index in [-0.39, 0.29) is 11.1 Å². The number of halogens is 4. The van der Waals surface area contributed by atoms with Crippen molar-refractivity contribution >= 4 is 5.69 Å². The van der Waals surface area contributed by atoms with Crippen LogP contribution in [0.3, 0.4) is 0 Å². The summed E-state index contributed by atoms with van der Waals surface area (Å²) in [5.74, 6) is 0.387. The summed E-state index contributed by atoms with van der Waals surface area (Å²) in [6, 6.07) is 0. The minimum Gasteiger partial charge on any atom is -0.432 e. The molecule has 4 rings (SSSR count). The van der Waals surface area contributed by atoms with Gasteiger partial charge in [0.1, 0.15) is 11.4 Å². The molecule has 0 unspecified atom stereocenters. The summed E-state index contributed by atoms with van der Waals surface area (Å²) < 4.78 is 63.5. The minimum atomic E-state index is -3.47. The van der Waals surface area contributed by atoms with Gasteiger partial charge in [-0.2, -0.15) is 8.78 Å². The van der Waals surface area contributed by atoms with Crippen molar-refractivity contribution in [3.63, 3.8) is 0 Å². The normalized spacial score (nSPS) is 33.0. The summed E-state index contributed by atoms with van der Waals surface area (Å²) in [4.78, 5) is 0. The van der Waals surface area contributed by atoms with Crippen molar-refractivity contribution in [3.8, 4) is 5.75 Å². The maximum atomic E-state index is 15.1. The van der Waals surface area contributed by atoms with Crippen LogP contribution in [0.25, 0.3) is 0 Å². The maximum Gasteiger partial charge on any atom is 0.400 e. The van der Waals surface area contributed by atoms with E-state index in [0.29, 0.717) is 24.7 Å². The smallest absolute Gasteiger partial charge is 0.400 e. The molecule has 2 N–H and O–H groups in total. The highest BCUT2D eigenvalue weighted by atomic mass is 19.3. The molecule has 0 atom stereocenters. The molecule has 192 valence electrons. The molecule has 34 heavy (non-hydrogen) atoms. The van der Waals surface area contributed by atoms with E-state index in [4.69, 9.17) is 10.5 Å². The first-order valence-corrected chi connectivity index (χ1v) is 13.4. The lowest BCUT2D eigenvalue weighted by molar-refractivity contribution is -0.225. The van der Waals surface area contributed by atoms with Crippen molar-refractivity contribution in [3.05, 3.63) is 22.8 Å². The molecule has 3 aliphatic rings. The Morgan fingerprint density at radius 1 is 0.676 bits per heavy atom. The molecule has 0 aromatic heterocycles. The first-order valence-electron chi connectivity index (χ1n) is 13.4. The third-order valence-electron chi connectivity index (χ3n) is 9.51.